The molecular formula is C11H19NO2. The van der Waals surface area contributed by atoms with Gasteiger partial charge in [-0.15, -0.1) is 0 Å². The molecule has 80 valence electrons. The van der Waals surface area contributed by atoms with Crippen LogP contribution in [0.5, 0.6) is 0 Å². The maximum atomic E-state index is 10.9. The Morgan fingerprint density at radius 1 is 1.43 bits per heavy atom. The molecule has 3 nitrogen and oxygen atoms in total. The average Bonchev–Trinajstić information content (AvgIpc) is 2.19. The van der Waals surface area contributed by atoms with Crippen molar-refractivity contribution in [3.05, 3.63) is 11.8 Å². The van der Waals surface area contributed by atoms with Gasteiger partial charge in [0.05, 0.1) is 7.11 Å². The van der Waals surface area contributed by atoms with Crippen molar-refractivity contribution >= 4 is 5.97 Å². The number of carbonyl (C=O) groups is 1. The van der Waals surface area contributed by atoms with Crippen LogP contribution in [0.2, 0.25) is 0 Å². The number of rotatable bonds is 3. The highest BCUT2D eigenvalue weighted by Gasteiger charge is 2.14. The maximum absolute atomic E-state index is 10.9. The molecule has 0 aliphatic heterocycles. The number of hydrogen-bond donors (Lipinski definition) is 1. The summed E-state index contributed by atoms with van der Waals surface area (Å²) < 4.78 is 4.51. The molecule has 0 bridgehead atoms. The van der Waals surface area contributed by atoms with Gasteiger partial charge < -0.3 is 10.5 Å². The number of esters is 1. The lowest BCUT2D eigenvalue weighted by molar-refractivity contribution is -0.134. The second-order valence-corrected chi connectivity index (χ2v) is 3.95. The SMILES string of the molecule is COC(=O)C=C(N)CC1CCCCC1. The van der Waals surface area contributed by atoms with E-state index < -0.39 is 0 Å². The highest BCUT2D eigenvalue weighted by atomic mass is 16.5. The fourth-order valence-corrected chi connectivity index (χ4v) is 1.99. The summed E-state index contributed by atoms with van der Waals surface area (Å²) in [6.45, 7) is 0. The van der Waals surface area contributed by atoms with Gasteiger partial charge in [-0.1, -0.05) is 32.1 Å². The molecule has 1 aliphatic carbocycles. The molecule has 1 fully saturated rings. The van der Waals surface area contributed by atoms with Crippen molar-refractivity contribution < 1.29 is 9.53 Å². The molecule has 0 spiro atoms. The normalized spacial score (nSPS) is 19.4. The van der Waals surface area contributed by atoms with Gasteiger partial charge in [0.15, 0.2) is 0 Å². The quantitative estimate of drug-likeness (QED) is 0.556. The number of allylic oxidation sites excluding steroid dienone is 1. The van der Waals surface area contributed by atoms with E-state index >= 15 is 0 Å². The van der Waals surface area contributed by atoms with E-state index in [4.69, 9.17) is 5.73 Å². The van der Waals surface area contributed by atoms with Crippen molar-refractivity contribution in [2.45, 2.75) is 38.5 Å². The summed E-state index contributed by atoms with van der Waals surface area (Å²) >= 11 is 0. The lowest BCUT2D eigenvalue weighted by Gasteiger charge is -2.21. The Kier molecular flexibility index (Phi) is 4.50. The van der Waals surface area contributed by atoms with Crippen LogP contribution in [-0.2, 0) is 9.53 Å². The first-order chi connectivity index (χ1) is 6.72. The predicted octanol–water partition coefficient (Wildman–Crippen LogP) is 1.97. The molecule has 1 rings (SSSR count). The zero-order valence-corrected chi connectivity index (χ0v) is 8.79. The van der Waals surface area contributed by atoms with E-state index in [1.807, 2.05) is 0 Å². The van der Waals surface area contributed by atoms with Crippen molar-refractivity contribution in [2.75, 3.05) is 7.11 Å². The largest absolute Gasteiger partial charge is 0.466 e. The van der Waals surface area contributed by atoms with Gasteiger partial charge in [-0.25, -0.2) is 4.79 Å². The van der Waals surface area contributed by atoms with E-state index in [2.05, 4.69) is 4.74 Å². The van der Waals surface area contributed by atoms with Gasteiger partial charge in [0.25, 0.3) is 0 Å². The van der Waals surface area contributed by atoms with Gasteiger partial charge in [-0.2, -0.15) is 0 Å². The number of ether oxygens (including phenoxy) is 1. The third-order valence-corrected chi connectivity index (χ3v) is 2.75. The average molecular weight is 197 g/mol. The monoisotopic (exact) mass is 197 g/mol. The summed E-state index contributed by atoms with van der Waals surface area (Å²) in [5.74, 6) is 0.322. The van der Waals surface area contributed by atoms with Crippen LogP contribution in [0, 0.1) is 5.92 Å². The number of methoxy groups -OCH3 is 1. The fraction of sp³-hybridized carbons (Fsp3) is 0.727. The van der Waals surface area contributed by atoms with E-state index in [-0.39, 0.29) is 5.97 Å². The van der Waals surface area contributed by atoms with E-state index in [1.165, 1.54) is 45.3 Å². The Bertz CT molecular complexity index is 217. The first kappa shape index (κ1) is 11.1. The van der Waals surface area contributed by atoms with Crippen molar-refractivity contribution in [3.63, 3.8) is 0 Å². The second-order valence-electron chi connectivity index (χ2n) is 3.95. The Hall–Kier alpha value is -0.990. The molecule has 0 radical (unpaired) electrons. The second kappa shape index (κ2) is 5.68. The number of carbonyl (C=O) groups excluding carboxylic acids is 1. The van der Waals surface area contributed by atoms with E-state index in [9.17, 15) is 4.79 Å². The van der Waals surface area contributed by atoms with Gasteiger partial charge in [0, 0.05) is 11.8 Å². The Balaban J connectivity index is 2.34. The zero-order valence-electron chi connectivity index (χ0n) is 8.79. The molecule has 0 aromatic carbocycles. The van der Waals surface area contributed by atoms with Crippen LogP contribution in [0.1, 0.15) is 38.5 Å². The minimum Gasteiger partial charge on any atom is -0.466 e. The molecule has 0 atom stereocenters. The summed E-state index contributed by atoms with van der Waals surface area (Å²) in [7, 11) is 1.37. The standard InChI is InChI=1S/C11H19NO2/c1-14-11(13)8-10(12)7-9-5-3-2-4-6-9/h8-9H,2-7,12H2,1H3. The van der Waals surface area contributed by atoms with Crippen LogP contribution < -0.4 is 5.73 Å². The van der Waals surface area contributed by atoms with Gasteiger partial charge in [-0.05, 0) is 12.3 Å². The van der Waals surface area contributed by atoms with Gasteiger partial charge in [0.1, 0.15) is 0 Å². The minimum absolute atomic E-state index is 0.349. The molecule has 14 heavy (non-hydrogen) atoms. The van der Waals surface area contributed by atoms with Crippen LogP contribution in [-0.4, -0.2) is 13.1 Å². The lowest BCUT2D eigenvalue weighted by atomic mass is 9.86. The van der Waals surface area contributed by atoms with Gasteiger partial charge in [0.2, 0.25) is 0 Å². The van der Waals surface area contributed by atoms with Crippen molar-refractivity contribution in [1.29, 1.82) is 0 Å². The molecular weight excluding hydrogens is 178 g/mol. The number of hydrogen-bond acceptors (Lipinski definition) is 3. The molecule has 3 heteroatoms. The Morgan fingerprint density at radius 2 is 2.07 bits per heavy atom. The number of nitrogens with two attached hydrogens (primary N) is 1. The van der Waals surface area contributed by atoms with E-state index in [0.29, 0.717) is 11.6 Å². The molecule has 0 saturated heterocycles. The lowest BCUT2D eigenvalue weighted by Crippen LogP contribution is -2.12. The van der Waals surface area contributed by atoms with Crippen LogP contribution >= 0.6 is 0 Å². The van der Waals surface area contributed by atoms with Crippen LogP contribution in [0.15, 0.2) is 11.8 Å². The first-order valence-corrected chi connectivity index (χ1v) is 5.26. The summed E-state index contributed by atoms with van der Waals surface area (Å²) in [4.78, 5) is 10.9. The van der Waals surface area contributed by atoms with Crippen molar-refractivity contribution in [2.24, 2.45) is 11.7 Å². The van der Waals surface area contributed by atoms with Gasteiger partial charge >= 0.3 is 5.97 Å². The Morgan fingerprint density at radius 3 is 2.64 bits per heavy atom. The summed E-state index contributed by atoms with van der Waals surface area (Å²) in [5.41, 5.74) is 6.40. The smallest absolute Gasteiger partial charge is 0.332 e. The molecule has 0 heterocycles. The minimum atomic E-state index is -0.349. The highest BCUT2D eigenvalue weighted by Crippen LogP contribution is 2.27. The molecule has 2 N–H and O–H groups in total. The third-order valence-electron chi connectivity index (χ3n) is 2.75. The van der Waals surface area contributed by atoms with Crippen LogP contribution in [0.4, 0.5) is 0 Å². The Labute approximate surface area is 85.3 Å². The highest BCUT2D eigenvalue weighted by molar-refractivity contribution is 5.82. The third kappa shape index (κ3) is 3.81. The summed E-state index contributed by atoms with van der Waals surface area (Å²) in [6.07, 6.45) is 8.68. The maximum Gasteiger partial charge on any atom is 0.332 e. The van der Waals surface area contributed by atoms with Crippen molar-refractivity contribution in [1.82, 2.24) is 0 Å². The topological polar surface area (TPSA) is 52.3 Å². The zero-order chi connectivity index (χ0) is 10.4. The molecule has 0 unspecified atom stereocenters. The fourth-order valence-electron chi connectivity index (χ4n) is 1.99. The van der Waals surface area contributed by atoms with Crippen LogP contribution in [0.3, 0.4) is 0 Å². The molecule has 1 saturated carbocycles. The first-order valence-electron chi connectivity index (χ1n) is 5.26. The summed E-state index contributed by atoms with van der Waals surface area (Å²) in [6, 6.07) is 0. The van der Waals surface area contributed by atoms with Gasteiger partial charge in [-0.3, -0.25) is 0 Å². The molecule has 0 amide bonds. The molecule has 0 aromatic heterocycles. The van der Waals surface area contributed by atoms with Crippen molar-refractivity contribution in [3.8, 4) is 0 Å². The molecule has 0 aromatic rings. The summed E-state index contributed by atoms with van der Waals surface area (Å²) in [5, 5.41) is 0. The van der Waals surface area contributed by atoms with E-state index in [0.717, 1.165) is 6.42 Å². The van der Waals surface area contributed by atoms with E-state index in [1.54, 1.807) is 0 Å². The predicted molar refractivity (Wildman–Crippen MR) is 55.5 cm³/mol. The molecule has 1 aliphatic rings. The van der Waals surface area contributed by atoms with Crippen LogP contribution in [0.25, 0.3) is 0 Å².